The molecular formula is C13H16Cl2N4. The highest BCUT2D eigenvalue weighted by Crippen LogP contribution is 2.26. The number of nitrogens with one attached hydrogen (secondary N) is 2. The second-order valence-electron chi connectivity index (χ2n) is 4.38. The summed E-state index contributed by atoms with van der Waals surface area (Å²) in [6.07, 6.45) is 3.39. The third-order valence-electron chi connectivity index (χ3n) is 2.93. The molecule has 1 heterocycles. The third kappa shape index (κ3) is 4.20. The molecule has 1 atom stereocenters. The minimum atomic E-state index is 0.168. The van der Waals surface area contributed by atoms with Crippen LogP contribution in [0.5, 0.6) is 0 Å². The van der Waals surface area contributed by atoms with E-state index < -0.39 is 0 Å². The first-order chi connectivity index (χ1) is 9.16. The number of aromatic amines is 1. The molecule has 1 unspecified atom stereocenters. The number of aryl methyl sites for hydroxylation is 1. The Morgan fingerprint density at radius 2 is 2.21 bits per heavy atom. The average molecular weight is 299 g/mol. The summed E-state index contributed by atoms with van der Waals surface area (Å²) in [4.78, 5) is 4.08. The fourth-order valence-electron chi connectivity index (χ4n) is 1.88. The quantitative estimate of drug-likeness (QED) is 0.804. The van der Waals surface area contributed by atoms with Gasteiger partial charge in [0.15, 0.2) is 0 Å². The van der Waals surface area contributed by atoms with Crippen molar-refractivity contribution < 1.29 is 0 Å². The normalized spacial score (nSPS) is 12.6. The van der Waals surface area contributed by atoms with Gasteiger partial charge >= 0.3 is 0 Å². The molecule has 0 saturated carbocycles. The van der Waals surface area contributed by atoms with E-state index in [1.54, 1.807) is 6.07 Å². The number of aromatic nitrogens is 3. The zero-order valence-electron chi connectivity index (χ0n) is 10.7. The summed E-state index contributed by atoms with van der Waals surface area (Å²) < 4.78 is 0. The van der Waals surface area contributed by atoms with Gasteiger partial charge in [0.2, 0.25) is 0 Å². The Morgan fingerprint density at radius 3 is 2.95 bits per heavy atom. The zero-order valence-corrected chi connectivity index (χ0v) is 12.2. The molecule has 0 bridgehead atoms. The standard InChI is InChI=1S/C13H16Cl2N4/c1-9(11-7-10(14)4-5-12(11)15)16-6-2-3-13-17-8-18-19-13/h4-5,7-9,16H,2-3,6H2,1H3,(H,17,18,19). The van der Waals surface area contributed by atoms with Crippen LogP contribution in [0.3, 0.4) is 0 Å². The highest BCUT2D eigenvalue weighted by Gasteiger charge is 2.09. The van der Waals surface area contributed by atoms with Crippen LogP contribution in [0.4, 0.5) is 0 Å². The molecule has 0 saturated heterocycles. The van der Waals surface area contributed by atoms with Gasteiger partial charge in [-0.05, 0) is 43.7 Å². The number of hydrogen-bond acceptors (Lipinski definition) is 3. The van der Waals surface area contributed by atoms with E-state index in [1.807, 2.05) is 12.1 Å². The summed E-state index contributed by atoms with van der Waals surface area (Å²) in [5.74, 6) is 0.912. The molecule has 2 rings (SSSR count). The van der Waals surface area contributed by atoms with Gasteiger partial charge < -0.3 is 5.32 Å². The monoisotopic (exact) mass is 298 g/mol. The summed E-state index contributed by atoms with van der Waals surface area (Å²) in [5.41, 5.74) is 1.02. The number of H-pyrrole nitrogens is 1. The fourth-order valence-corrected chi connectivity index (χ4v) is 2.34. The minimum Gasteiger partial charge on any atom is -0.310 e. The van der Waals surface area contributed by atoms with Crippen molar-refractivity contribution in [3.63, 3.8) is 0 Å². The lowest BCUT2D eigenvalue weighted by atomic mass is 10.1. The SMILES string of the molecule is CC(NCCCc1ncn[nH]1)c1cc(Cl)ccc1Cl. The summed E-state index contributed by atoms with van der Waals surface area (Å²) in [5, 5.41) is 11.5. The Morgan fingerprint density at radius 1 is 1.37 bits per heavy atom. The lowest BCUT2D eigenvalue weighted by molar-refractivity contribution is 0.554. The van der Waals surface area contributed by atoms with Gasteiger partial charge in [-0.1, -0.05) is 23.2 Å². The van der Waals surface area contributed by atoms with Crippen molar-refractivity contribution in [1.29, 1.82) is 0 Å². The molecule has 2 N–H and O–H groups in total. The van der Waals surface area contributed by atoms with E-state index in [0.29, 0.717) is 5.02 Å². The van der Waals surface area contributed by atoms with Crippen LogP contribution >= 0.6 is 23.2 Å². The lowest BCUT2D eigenvalue weighted by Gasteiger charge is -2.15. The third-order valence-corrected chi connectivity index (χ3v) is 3.51. The summed E-state index contributed by atoms with van der Waals surface area (Å²) in [6, 6.07) is 5.69. The smallest absolute Gasteiger partial charge is 0.137 e. The van der Waals surface area contributed by atoms with Crippen LogP contribution in [-0.2, 0) is 6.42 Å². The van der Waals surface area contributed by atoms with Crippen LogP contribution in [0.25, 0.3) is 0 Å². The maximum Gasteiger partial charge on any atom is 0.137 e. The first-order valence-corrected chi connectivity index (χ1v) is 6.95. The molecule has 19 heavy (non-hydrogen) atoms. The second kappa shape index (κ2) is 6.89. The van der Waals surface area contributed by atoms with Crippen LogP contribution in [0.1, 0.15) is 30.8 Å². The Hall–Kier alpha value is -1.10. The largest absolute Gasteiger partial charge is 0.310 e. The fraction of sp³-hybridized carbons (Fsp3) is 0.385. The Kier molecular flexibility index (Phi) is 5.19. The molecule has 0 aliphatic rings. The average Bonchev–Trinajstić information content (AvgIpc) is 2.90. The molecule has 0 fully saturated rings. The molecule has 0 spiro atoms. The second-order valence-corrected chi connectivity index (χ2v) is 5.22. The highest BCUT2D eigenvalue weighted by atomic mass is 35.5. The van der Waals surface area contributed by atoms with Crippen molar-refractivity contribution in [2.45, 2.75) is 25.8 Å². The number of halogens is 2. The van der Waals surface area contributed by atoms with E-state index in [-0.39, 0.29) is 6.04 Å². The number of rotatable bonds is 6. The van der Waals surface area contributed by atoms with Gasteiger partial charge in [-0.3, -0.25) is 5.10 Å². The topological polar surface area (TPSA) is 53.6 Å². The van der Waals surface area contributed by atoms with Gasteiger partial charge in [0.25, 0.3) is 0 Å². The van der Waals surface area contributed by atoms with Gasteiger partial charge in [-0.15, -0.1) is 0 Å². The maximum atomic E-state index is 6.16. The minimum absolute atomic E-state index is 0.168. The van der Waals surface area contributed by atoms with E-state index in [9.17, 15) is 0 Å². The van der Waals surface area contributed by atoms with E-state index in [0.717, 1.165) is 35.8 Å². The number of benzene rings is 1. The molecule has 2 aromatic rings. The first kappa shape index (κ1) is 14.3. The molecule has 102 valence electrons. The predicted molar refractivity (Wildman–Crippen MR) is 77.6 cm³/mol. The van der Waals surface area contributed by atoms with Crippen LogP contribution in [0.15, 0.2) is 24.5 Å². The van der Waals surface area contributed by atoms with E-state index in [4.69, 9.17) is 23.2 Å². The summed E-state index contributed by atoms with van der Waals surface area (Å²) in [6.45, 7) is 2.96. The molecule has 0 amide bonds. The van der Waals surface area contributed by atoms with E-state index >= 15 is 0 Å². The van der Waals surface area contributed by atoms with Gasteiger partial charge in [0, 0.05) is 22.5 Å². The summed E-state index contributed by atoms with van der Waals surface area (Å²) >= 11 is 12.1. The van der Waals surface area contributed by atoms with E-state index in [2.05, 4.69) is 27.4 Å². The molecule has 0 aliphatic carbocycles. The number of hydrogen-bond donors (Lipinski definition) is 2. The van der Waals surface area contributed by atoms with E-state index in [1.165, 1.54) is 6.33 Å². The van der Waals surface area contributed by atoms with Crippen LogP contribution in [0.2, 0.25) is 10.0 Å². The zero-order chi connectivity index (χ0) is 13.7. The Balaban J connectivity index is 1.80. The lowest BCUT2D eigenvalue weighted by Crippen LogP contribution is -2.20. The van der Waals surface area contributed by atoms with Gasteiger partial charge in [-0.2, -0.15) is 5.10 Å². The van der Waals surface area contributed by atoms with Crippen LogP contribution in [-0.4, -0.2) is 21.7 Å². The van der Waals surface area contributed by atoms with Crippen molar-refractivity contribution in [2.75, 3.05) is 6.54 Å². The summed E-state index contributed by atoms with van der Waals surface area (Å²) in [7, 11) is 0. The van der Waals surface area contributed by atoms with Gasteiger partial charge in [-0.25, -0.2) is 4.98 Å². The Bertz CT molecular complexity index is 513. The Labute approximate surface area is 122 Å². The first-order valence-electron chi connectivity index (χ1n) is 6.19. The molecule has 6 heteroatoms. The molecule has 1 aromatic carbocycles. The van der Waals surface area contributed by atoms with Crippen molar-refractivity contribution in [3.05, 3.63) is 46.0 Å². The van der Waals surface area contributed by atoms with Gasteiger partial charge in [0.05, 0.1) is 0 Å². The highest BCUT2D eigenvalue weighted by molar-refractivity contribution is 6.33. The van der Waals surface area contributed by atoms with Crippen molar-refractivity contribution in [1.82, 2.24) is 20.5 Å². The predicted octanol–water partition coefficient (Wildman–Crippen LogP) is 3.39. The molecule has 4 nitrogen and oxygen atoms in total. The number of nitrogens with zero attached hydrogens (tertiary/aromatic N) is 2. The van der Waals surface area contributed by atoms with Gasteiger partial charge in [0.1, 0.15) is 12.2 Å². The van der Waals surface area contributed by atoms with Crippen LogP contribution in [0, 0.1) is 0 Å². The molecule has 0 radical (unpaired) electrons. The van der Waals surface area contributed by atoms with Crippen molar-refractivity contribution in [3.8, 4) is 0 Å². The molecular weight excluding hydrogens is 283 g/mol. The van der Waals surface area contributed by atoms with Crippen LogP contribution < -0.4 is 5.32 Å². The maximum absolute atomic E-state index is 6.16. The molecule has 0 aliphatic heterocycles. The van der Waals surface area contributed by atoms with Crippen molar-refractivity contribution >= 4 is 23.2 Å². The van der Waals surface area contributed by atoms with Crippen molar-refractivity contribution in [2.24, 2.45) is 0 Å². The molecule has 1 aromatic heterocycles.